The molecule has 0 spiro atoms. The fourth-order valence-corrected chi connectivity index (χ4v) is 2.15. The molecule has 0 radical (unpaired) electrons. The Morgan fingerprint density at radius 2 is 2.00 bits per heavy atom. The minimum absolute atomic E-state index is 0.00980. The number of primary amides is 1. The number of amides is 1. The number of carbonyl (C=O) groups excluding carboxylic acids is 2. The molecule has 2 rings (SSSR count). The third kappa shape index (κ3) is 3.33. The first-order valence-electron chi connectivity index (χ1n) is 6.34. The van der Waals surface area contributed by atoms with Gasteiger partial charge in [-0.2, -0.15) is 0 Å². The summed E-state index contributed by atoms with van der Waals surface area (Å²) in [5.74, 6) is -0.710. The number of hydrogen-bond donors (Lipinski definition) is 1. The van der Waals surface area contributed by atoms with Gasteiger partial charge in [-0.1, -0.05) is 23.7 Å². The number of aliphatic imine (C=N–C) groups is 1. The van der Waals surface area contributed by atoms with Crippen molar-refractivity contribution in [2.75, 3.05) is 0 Å². The second-order valence-electron chi connectivity index (χ2n) is 4.73. The van der Waals surface area contributed by atoms with Gasteiger partial charge in [0, 0.05) is 23.2 Å². The molecule has 2 N–H and O–H groups in total. The van der Waals surface area contributed by atoms with Gasteiger partial charge in [-0.25, -0.2) is 0 Å². The van der Waals surface area contributed by atoms with Gasteiger partial charge in [0.25, 0.3) is 0 Å². The second kappa shape index (κ2) is 6.01. The summed E-state index contributed by atoms with van der Waals surface area (Å²) >= 11 is 5.86. The van der Waals surface area contributed by atoms with Crippen LogP contribution in [0.15, 0.2) is 41.0 Å². The van der Waals surface area contributed by atoms with Crippen molar-refractivity contribution in [3.05, 3.63) is 46.6 Å². The maximum atomic E-state index is 12.0. The fourth-order valence-electron chi connectivity index (χ4n) is 2.02. The molecule has 1 heterocycles. The molecule has 1 aliphatic heterocycles. The molecule has 1 unspecified atom stereocenters. The van der Waals surface area contributed by atoms with Gasteiger partial charge in [-0.3, -0.25) is 14.6 Å². The van der Waals surface area contributed by atoms with E-state index in [0.29, 0.717) is 22.9 Å². The summed E-state index contributed by atoms with van der Waals surface area (Å²) in [5.41, 5.74) is 7.28. The minimum Gasteiger partial charge on any atom is -0.370 e. The highest BCUT2D eigenvalue weighted by atomic mass is 35.5. The van der Waals surface area contributed by atoms with Crippen LogP contribution < -0.4 is 5.73 Å². The average molecular weight is 291 g/mol. The first-order chi connectivity index (χ1) is 9.47. The molecule has 1 aromatic rings. The number of carbonyl (C=O) groups is 2. The van der Waals surface area contributed by atoms with Crippen LogP contribution >= 0.6 is 11.6 Å². The number of ketones is 1. The molecule has 0 saturated carbocycles. The van der Waals surface area contributed by atoms with Crippen LogP contribution in [-0.4, -0.2) is 17.4 Å². The zero-order chi connectivity index (χ0) is 14.7. The van der Waals surface area contributed by atoms with E-state index < -0.39 is 5.91 Å². The molecule has 0 aromatic heterocycles. The Kier molecular flexibility index (Phi) is 4.35. The number of hydrogen-bond acceptors (Lipinski definition) is 3. The van der Waals surface area contributed by atoms with Crippen LogP contribution in [0.4, 0.5) is 0 Å². The topological polar surface area (TPSA) is 72.5 Å². The normalized spacial score (nSPS) is 18.5. The first-order valence-corrected chi connectivity index (χ1v) is 6.72. The molecule has 1 aliphatic rings. The van der Waals surface area contributed by atoms with E-state index in [4.69, 9.17) is 17.3 Å². The summed E-state index contributed by atoms with van der Waals surface area (Å²) < 4.78 is 0. The Bertz CT molecular complexity index is 603. The van der Waals surface area contributed by atoms with Gasteiger partial charge in [0.15, 0.2) is 5.78 Å². The number of allylic oxidation sites excluding steroid dienone is 2. The number of nitrogens with two attached hydrogens (primary N) is 1. The Morgan fingerprint density at radius 1 is 1.35 bits per heavy atom. The molecule has 1 atom stereocenters. The molecule has 4 nitrogen and oxygen atoms in total. The monoisotopic (exact) mass is 290 g/mol. The van der Waals surface area contributed by atoms with E-state index >= 15 is 0 Å². The maximum absolute atomic E-state index is 12.0. The van der Waals surface area contributed by atoms with Crippen molar-refractivity contribution in [3.8, 4) is 0 Å². The number of halogens is 1. The molecule has 0 bridgehead atoms. The molecular formula is C15H15ClN2O2. The molecule has 0 aliphatic carbocycles. The van der Waals surface area contributed by atoms with Crippen LogP contribution in [0.25, 0.3) is 0 Å². The smallest absolute Gasteiger partial charge is 0.217 e. The van der Waals surface area contributed by atoms with E-state index in [1.807, 2.05) is 19.1 Å². The van der Waals surface area contributed by atoms with Crippen molar-refractivity contribution in [1.29, 1.82) is 0 Å². The first kappa shape index (κ1) is 14.5. The highest BCUT2D eigenvalue weighted by Gasteiger charge is 2.24. The van der Waals surface area contributed by atoms with E-state index in [2.05, 4.69) is 4.99 Å². The molecule has 104 valence electrons. The standard InChI is InChI=1S/C15H15ClN2O2/c1-9-13(19)8-12(6-7-14(17)20)18-15(9)10-2-4-11(16)5-3-10/h2-5,8-9H,6-7H2,1H3,(H2,17,20). The van der Waals surface area contributed by atoms with Crippen molar-refractivity contribution >= 4 is 29.0 Å². The third-order valence-electron chi connectivity index (χ3n) is 3.18. The number of benzene rings is 1. The second-order valence-corrected chi connectivity index (χ2v) is 5.17. The van der Waals surface area contributed by atoms with E-state index in [-0.39, 0.29) is 18.1 Å². The predicted octanol–water partition coefficient (Wildman–Crippen LogP) is 2.50. The lowest BCUT2D eigenvalue weighted by atomic mass is 9.91. The van der Waals surface area contributed by atoms with Gasteiger partial charge in [-0.05, 0) is 31.0 Å². The van der Waals surface area contributed by atoms with Gasteiger partial charge < -0.3 is 5.73 Å². The predicted molar refractivity (Wildman–Crippen MR) is 78.7 cm³/mol. The molecule has 1 amide bonds. The quantitative estimate of drug-likeness (QED) is 0.925. The lowest BCUT2D eigenvalue weighted by molar-refractivity contribution is -0.118. The van der Waals surface area contributed by atoms with Crippen LogP contribution in [0.2, 0.25) is 5.02 Å². The lowest BCUT2D eigenvalue weighted by Gasteiger charge is -2.18. The number of nitrogens with zero attached hydrogens (tertiary/aromatic N) is 1. The molecule has 5 heteroatoms. The van der Waals surface area contributed by atoms with Gasteiger partial charge in [0.2, 0.25) is 5.91 Å². The molecule has 0 saturated heterocycles. The van der Waals surface area contributed by atoms with Crippen LogP contribution in [-0.2, 0) is 9.59 Å². The van der Waals surface area contributed by atoms with Crippen LogP contribution in [0.3, 0.4) is 0 Å². The minimum atomic E-state index is -0.403. The Labute approximate surface area is 122 Å². The molecular weight excluding hydrogens is 276 g/mol. The Hall–Kier alpha value is -1.94. The Balaban J connectivity index is 2.29. The SMILES string of the molecule is CC1C(=O)C=C(CCC(N)=O)N=C1c1ccc(Cl)cc1. The summed E-state index contributed by atoms with van der Waals surface area (Å²) in [6.45, 7) is 1.82. The number of rotatable bonds is 4. The van der Waals surface area contributed by atoms with Crippen molar-refractivity contribution in [1.82, 2.24) is 0 Å². The summed E-state index contributed by atoms with van der Waals surface area (Å²) in [7, 11) is 0. The molecule has 20 heavy (non-hydrogen) atoms. The summed E-state index contributed by atoms with van der Waals surface area (Å²) in [6.07, 6.45) is 2.06. The van der Waals surface area contributed by atoms with E-state index in [1.165, 1.54) is 6.08 Å². The largest absolute Gasteiger partial charge is 0.370 e. The fraction of sp³-hybridized carbons (Fsp3) is 0.267. The van der Waals surface area contributed by atoms with E-state index in [9.17, 15) is 9.59 Å². The highest BCUT2D eigenvalue weighted by Crippen LogP contribution is 2.22. The molecule has 0 fully saturated rings. The average Bonchev–Trinajstić information content (AvgIpc) is 2.41. The van der Waals surface area contributed by atoms with Crippen molar-refractivity contribution in [2.24, 2.45) is 16.6 Å². The van der Waals surface area contributed by atoms with Crippen molar-refractivity contribution < 1.29 is 9.59 Å². The van der Waals surface area contributed by atoms with Crippen molar-refractivity contribution in [2.45, 2.75) is 19.8 Å². The van der Waals surface area contributed by atoms with Crippen LogP contribution in [0.1, 0.15) is 25.3 Å². The summed E-state index contributed by atoms with van der Waals surface area (Å²) in [5, 5.41) is 0.633. The van der Waals surface area contributed by atoms with E-state index in [0.717, 1.165) is 5.56 Å². The Morgan fingerprint density at radius 3 is 2.60 bits per heavy atom. The summed E-state index contributed by atoms with van der Waals surface area (Å²) in [6, 6.07) is 7.19. The summed E-state index contributed by atoms with van der Waals surface area (Å²) in [4.78, 5) is 27.3. The van der Waals surface area contributed by atoms with Gasteiger partial charge in [-0.15, -0.1) is 0 Å². The maximum Gasteiger partial charge on any atom is 0.217 e. The van der Waals surface area contributed by atoms with E-state index in [1.54, 1.807) is 12.1 Å². The molecule has 1 aromatic carbocycles. The third-order valence-corrected chi connectivity index (χ3v) is 3.43. The zero-order valence-electron chi connectivity index (χ0n) is 11.1. The lowest BCUT2D eigenvalue weighted by Crippen LogP contribution is -2.24. The zero-order valence-corrected chi connectivity index (χ0v) is 11.9. The highest BCUT2D eigenvalue weighted by molar-refractivity contribution is 6.30. The van der Waals surface area contributed by atoms with Gasteiger partial charge in [0.05, 0.1) is 11.6 Å². The van der Waals surface area contributed by atoms with Gasteiger partial charge in [0.1, 0.15) is 0 Å². The van der Waals surface area contributed by atoms with Gasteiger partial charge >= 0.3 is 0 Å². The van der Waals surface area contributed by atoms with Crippen LogP contribution in [0, 0.1) is 5.92 Å². The van der Waals surface area contributed by atoms with Crippen LogP contribution in [0.5, 0.6) is 0 Å². The van der Waals surface area contributed by atoms with Crippen molar-refractivity contribution in [3.63, 3.8) is 0 Å².